The summed E-state index contributed by atoms with van der Waals surface area (Å²) >= 11 is 6.04. The first-order chi connectivity index (χ1) is 12.7. The zero-order valence-corrected chi connectivity index (χ0v) is 14.4. The molecule has 0 saturated carbocycles. The Hall–Kier alpha value is -3.05. The van der Waals surface area contributed by atoms with Gasteiger partial charge >= 0.3 is 5.97 Å². The summed E-state index contributed by atoms with van der Waals surface area (Å²) in [5, 5.41) is 5.44. The summed E-state index contributed by atoms with van der Waals surface area (Å²) in [6.45, 7) is 0.0208. The number of esters is 1. The summed E-state index contributed by atoms with van der Waals surface area (Å²) in [5.74, 6) is 0.678. The van der Waals surface area contributed by atoms with Crippen molar-refractivity contribution in [2.24, 2.45) is 0 Å². The number of hydrogen-bond acceptors (Lipinski definition) is 5. The first kappa shape index (κ1) is 16.4. The number of halogens is 1. The van der Waals surface area contributed by atoms with Crippen molar-refractivity contribution in [3.8, 4) is 11.5 Å². The maximum Gasteiger partial charge on any atom is 0.310 e. The normalized spacial score (nSPS) is 11.0. The molecular formula is C20H14ClNO4. The van der Waals surface area contributed by atoms with Gasteiger partial charge in [0, 0.05) is 16.5 Å². The summed E-state index contributed by atoms with van der Waals surface area (Å²) in [6.07, 6.45) is 0.105. The molecule has 6 heteroatoms. The van der Waals surface area contributed by atoms with Crippen LogP contribution in [0.2, 0.25) is 5.02 Å². The summed E-state index contributed by atoms with van der Waals surface area (Å²) in [6, 6.07) is 18.4. The molecule has 130 valence electrons. The molecule has 0 N–H and O–H groups in total. The van der Waals surface area contributed by atoms with E-state index in [0.29, 0.717) is 22.2 Å². The largest absolute Gasteiger partial charge is 0.459 e. The molecule has 26 heavy (non-hydrogen) atoms. The van der Waals surface area contributed by atoms with Crippen molar-refractivity contribution in [2.75, 3.05) is 0 Å². The second-order valence-corrected chi connectivity index (χ2v) is 6.17. The molecule has 4 aromatic rings. The molecule has 0 atom stereocenters. The van der Waals surface area contributed by atoms with Crippen molar-refractivity contribution in [3.63, 3.8) is 0 Å². The predicted octanol–water partition coefficient (Wildman–Crippen LogP) is 5.03. The number of aromatic nitrogens is 1. The SMILES string of the molecule is O=C(Cc1ccccc1Cl)OCc1cc(-c2cc3ccccc3o2)on1. The number of furan rings is 1. The Kier molecular flexibility index (Phi) is 4.46. The van der Waals surface area contributed by atoms with E-state index in [2.05, 4.69) is 5.16 Å². The van der Waals surface area contributed by atoms with Gasteiger partial charge in [-0.1, -0.05) is 53.2 Å². The molecule has 0 saturated heterocycles. The minimum Gasteiger partial charge on any atom is -0.459 e. The van der Waals surface area contributed by atoms with Crippen molar-refractivity contribution in [1.82, 2.24) is 5.16 Å². The Bertz CT molecular complexity index is 1030. The van der Waals surface area contributed by atoms with Gasteiger partial charge in [0.1, 0.15) is 17.9 Å². The maximum absolute atomic E-state index is 12.0. The second-order valence-electron chi connectivity index (χ2n) is 5.76. The highest BCUT2D eigenvalue weighted by Crippen LogP contribution is 2.28. The number of hydrogen-bond donors (Lipinski definition) is 0. The minimum atomic E-state index is -0.383. The Morgan fingerprint density at radius 2 is 1.85 bits per heavy atom. The fourth-order valence-electron chi connectivity index (χ4n) is 2.60. The molecule has 0 amide bonds. The lowest BCUT2D eigenvalue weighted by atomic mass is 10.1. The van der Waals surface area contributed by atoms with Gasteiger partial charge in [-0.3, -0.25) is 4.79 Å². The molecule has 2 aromatic heterocycles. The maximum atomic E-state index is 12.0. The van der Waals surface area contributed by atoms with Crippen LogP contribution in [0, 0.1) is 0 Å². The highest BCUT2D eigenvalue weighted by atomic mass is 35.5. The van der Waals surface area contributed by atoms with E-state index in [1.54, 1.807) is 18.2 Å². The van der Waals surface area contributed by atoms with Gasteiger partial charge in [-0.05, 0) is 23.8 Å². The first-order valence-electron chi connectivity index (χ1n) is 8.02. The highest BCUT2D eigenvalue weighted by Gasteiger charge is 2.14. The number of fused-ring (bicyclic) bond motifs is 1. The molecule has 0 fully saturated rings. The Morgan fingerprint density at radius 1 is 1.04 bits per heavy atom. The fraction of sp³-hybridized carbons (Fsp3) is 0.100. The van der Waals surface area contributed by atoms with Crippen LogP contribution in [0.4, 0.5) is 0 Å². The number of rotatable bonds is 5. The van der Waals surface area contributed by atoms with E-state index in [-0.39, 0.29) is 19.0 Å². The molecule has 0 unspecified atom stereocenters. The van der Waals surface area contributed by atoms with Crippen LogP contribution in [-0.2, 0) is 22.6 Å². The monoisotopic (exact) mass is 367 g/mol. The Balaban J connectivity index is 1.40. The molecule has 0 spiro atoms. The van der Waals surface area contributed by atoms with Gasteiger partial charge in [-0.15, -0.1) is 0 Å². The molecule has 0 aliphatic rings. The van der Waals surface area contributed by atoms with E-state index >= 15 is 0 Å². The van der Waals surface area contributed by atoms with Gasteiger partial charge in [0.05, 0.1) is 6.42 Å². The number of carbonyl (C=O) groups is 1. The lowest BCUT2D eigenvalue weighted by molar-refractivity contribution is -0.144. The van der Waals surface area contributed by atoms with Crippen molar-refractivity contribution in [1.29, 1.82) is 0 Å². The average molecular weight is 368 g/mol. The van der Waals surface area contributed by atoms with Crippen LogP contribution < -0.4 is 0 Å². The van der Waals surface area contributed by atoms with Gasteiger partial charge in [-0.25, -0.2) is 0 Å². The summed E-state index contributed by atoms with van der Waals surface area (Å²) in [7, 11) is 0. The molecule has 0 aliphatic heterocycles. The van der Waals surface area contributed by atoms with Gasteiger partial charge in [0.25, 0.3) is 0 Å². The molecule has 2 aromatic carbocycles. The standard InChI is InChI=1S/C20H14ClNO4/c21-16-7-3-1-5-13(16)10-20(23)24-12-15-11-19(26-22-15)18-9-14-6-2-4-8-17(14)25-18/h1-9,11H,10,12H2. The molecule has 2 heterocycles. The zero-order valence-electron chi connectivity index (χ0n) is 13.6. The topological polar surface area (TPSA) is 65.5 Å². The van der Waals surface area contributed by atoms with Crippen molar-refractivity contribution in [3.05, 3.63) is 76.9 Å². The molecule has 0 aliphatic carbocycles. The van der Waals surface area contributed by atoms with Gasteiger partial charge in [0.15, 0.2) is 5.76 Å². The number of nitrogens with zero attached hydrogens (tertiary/aromatic N) is 1. The van der Waals surface area contributed by atoms with Crippen molar-refractivity contribution < 1.29 is 18.5 Å². The zero-order chi connectivity index (χ0) is 17.9. The van der Waals surface area contributed by atoms with Crippen LogP contribution in [0.3, 0.4) is 0 Å². The minimum absolute atomic E-state index is 0.0208. The first-order valence-corrected chi connectivity index (χ1v) is 8.40. The van der Waals surface area contributed by atoms with Crippen LogP contribution >= 0.6 is 11.6 Å². The predicted molar refractivity (Wildman–Crippen MR) is 96.7 cm³/mol. The van der Waals surface area contributed by atoms with E-state index in [1.807, 2.05) is 42.5 Å². The lowest BCUT2D eigenvalue weighted by Crippen LogP contribution is -2.08. The second kappa shape index (κ2) is 7.06. The van der Waals surface area contributed by atoms with E-state index in [1.165, 1.54) is 0 Å². The quantitative estimate of drug-likeness (QED) is 0.463. The summed E-state index contributed by atoms with van der Waals surface area (Å²) < 4.78 is 16.3. The molecular weight excluding hydrogens is 354 g/mol. The molecule has 5 nitrogen and oxygen atoms in total. The number of para-hydroxylation sites is 1. The summed E-state index contributed by atoms with van der Waals surface area (Å²) in [4.78, 5) is 12.0. The molecule has 4 rings (SSSR count). The fourth-order valence-corrected chi connectivity index (χ4v) is 2.80. The van der Waals surface area contributed by atoms with Crippen molar-refractivity contribution >= 4 is 28.5 Å². The van der Waals surface area contributed by atoms with E-state index in [4.69, 9.17) is 25.3 Å². The third-order valence-electron chi connectivity index (χ3n) is 3.90. The van der Waals surface area contributed by atoms with E-state index in [0.717, 1.165) is 16.5 Å². The van der Waals surface area contributed by atoms with Crippen LogP contribution in [0.5, 0.6) is 0 Å². The highest BCUT2D eigenvalue weighted by molar-refractivity contribution is 6.31. The van der Waals surface area contributed by atoms with Crippen LogP contribution in [0.25, 0.3) is 22.5 Å². The number of ether oxygens (including phenoxy) is 1. The Morgan fingerprint density at radius 3 is 2.69 bits per heavy atom. The van der Waals surface area contributed by atoms with Crippen LogP contribution in [0.1, 0.15) is 11.3 Å². The van der Waals surface area contributed by atoms with Crippen molar-refractivity contribution in [2.45, 2.75) is 13.0 Å². The van der Waals surface area contributed by atoms with Gasteiger partial charge in [0.2, 0.25) is 5.76 Å². The third kappa shape index (κ3) is 3.48. The summed E-state index contributed by atoms with van der Waals surface area (Å²) in [5.41, 5.74) is 2.00. The lowest BCUT2D eigenvalue weighted by Gasteiger charge is -2.04. The van der Waals surface area contributed by atoms with Gasteiger partial charge < -0.3 is 13.7 Å². The molecule has 0 bridgehead atoms. The van der Waals surface area contributed by atoms with Crippen LogP contribution in [0.15, 0.2) is 69.6 Å². The number of carbonyl (C=O) groups excluding carboxylic acids is 1. The number of benzene rings is 2. The smallest absolute Gasteiger partial charge is 0.310 e. The van der Waals surface area contributed by atoms with Crippen LogP contribution in [-0.4, -0.2) is 11.1 Å². The van der Waals surface area contributed by atoms with Gasteiger partial charge in [-0.2, -0.15) is 0 Å². The van der Waals surface area contributed by atoms with E-state index < -0.39 is 0 Å². The average Bonchev–Trinajstić information content (AvgIpc) is 3.28. The van der Waals surface area contributed by atoms with E-state index in [9.17, 15) is 4.79 Å². The Labute approximate surface area is 154 Å². The molecule has 0 radical (unpaired) electrons. The third-order valence-corrected chi connectivity index (χ3v) is 4.27.